The number of amides is 1. The molecule has 3 atom stereocenters. The highest BCUT2D eigenvalue weighted by Gasteiger charge is 2.23. The van der Waals surface area contributed by atoms with Crippen molar-refractivity contribution in [2.45, 2.75) is 33.2 Å². The first kappa shape index (κ1) is 18.3. The van der Waals surface area contributed by atoms with Gasteiger partial charge in [-0.3, -0.25) is 4.79 Å². The maximum Gasteiger partial charge on any atom is 0.239 e. The van der Waals surface area contributed by atoms with Gasteiger partial charge in [-0.1, -0.05) is 29.8 Å². The van der Waals surface area contributed by atoms with E-state index in [9.17, 15) is 4.79 Å². The average Bonchev–Trinajstić information content (AvgIpc) is 2.45. The summed E-state index contributed by atoms with van der Waals surface area (Å²) in [6.07, 6.45) is 1.31. The second kappa shape index (κ2) is 8.69. The molecule has 5 heteroatoms. The summed E-state index contributed by atoms with van der Waals surface area (Å²) >= 11 is 3.40. The zero-order valence-corrected chi connectivity index (χ0v) is 15.9. The van der Waals surface area contributed by atoms with Crippen molar-refractivity contribution in [2.75, 3.05) is 31.5 Å². The van der Waals surface area contributed by atoms with E-state index in [1.807, 2.05) is 24.3 Å². The quantitative estimate of drug-likeness (QED) is 0.793. The largest absolute Gasteiger partial charge is 0.376 e. The highest BCUT2D eigenvalue weighted by molar-refractivity contribution is 9.10. The van der Waals surface area contributed by atoms with Crippen LogP contribution in [0, 0.1) is 11.8 Å². The minimum Gasteiger partial charge on any atom is -0.376 e. The van der Waals surface area contributed by atoms with Crippen LogP contribution in [0.5, 0.6) is 0 Å². The van der Waals surface area contributed by atoms with Crippen molar-refractivity contribution in [2.24, 2.45) is 11.8 Å². The molecule has 2 rings (SSSR count). The molecule has 1 aliphatic heterocycles. The third kappa shape index (κ3) is 6.51. The van der Waals surface area contributed by atoms with Crippen molar-refractivity contribution in [3.05, 3.63) is 28.7 Å². The summed E-state index contributed by atoms with van der Waals surface area (Å²) in [7, 11) is 0. The van der Waals surface area contributed by atoms with Crippen LogP contribution in [-0.2, 0) is 4.79 Å². The summed E-state index contributed by atoms with van der Waals surface area (Å²) in [6, 6.07) is 8.00. The minimum atomic E-state index is 0.0403. The van der Waals surface area contributed by atoms with Gasteiger partial charge in [-0.05, 0) is 49.4 Å². The molecule has 1 fully saturated rings. The Hall–Kier alpha value is -1.07. The fourth-order valence-corrected chi connectivity index (χ4v) is 3.71. The van der Waals surface area contributed by atoms with Crippen molar-refractivity contribution >= 4 is 27.5 Å². The van der Waals surface area contributed by atoms with Gasteiger partial charge in [-0.15, -0.1) is 0 Å². The van der Waals surface area contributed by atoms with Gasteiger partial charge in [0.15, 0.2) is 0 Å². The summed E-state index contributed by atoms with van der Waals surface area (Å²) in [6.45, 7) is 10.2. The first-order chi connectivity index (χ1) is 10.9. The minimum absolute atomic E-state index is 0.0403. The average molecular weight is 382 g/mol. The highest BCUT2D eigenvalue weighted by Crippen LogP contribution is 2.20. The number of benzene rings is 1. The van der Waals surface area contributed by atoms with Gasteiger partial charge in [-0.25, -0.2) is 0 Å². The molecule has 23 heavy (non-hydrogen) atoms. The SMILES string of the molecule is C[C@@H]1C[C@H](C)CN(C[C@@H](C)NC(=O)CNc2ccc(Br)cc2)C1. The Morgan fingerprint density at radius 1 is 1.26 bits per heavy atom. The molecule has 1 amide bonds. The van der Waals surface area contributed by atoms with Crippen LogP contribution in [0.25, 0.3) is 0 Å². The predicted octanol–water partition coefficient (Wildman–Crippen LogP) is 3.34. The molecular weight excluding hydrogens is 354 g/mol. The van der Waals surface area contributed by atoms with E-state index >= 15 is 0 Å². The zero-order valence-electron chi connectivity index (χ0n) is 14.3. The smallest absolute Gasteiger partial charge is 0.239 e. The molecular formula is C18H28BrN3O. The summed E-state index contributed by atoms with van der Waals surface area (Å²) in [5, 5.41) is 6.23. The lowest BCUT2D eigenvalue weighted by Gasteiger charge is -2.36. The van der Waals surface area contributed by atoms with Crippen LogP contribution in [0.15, 0.2) is 28.7 Å². The van der Waals surface area contributed by atoms with E-state index in [1.54, 1.807) is 0 Å². The van der Waals surface area contributed by atoms with Gasteiger partial charge in [0.25, 0.3) is 0 Å². The van der Waals surface area contributed by atoms with Crippen molar-refractivity contribution in [3.63, 3.8) is 0 Å². The van der Waals surface area contributed by atoms with Gasteiger partial charge < -0.3 is 15.5 Å². The Morgan fingerprint density at radius 3 is 2.48 bits per heavy atom. The van der Waals surface area contributed by atoms with Gasteiger partial charge >= 0.3 is 0 Å². The molecule has 0 radical (unpaired) electrons. The van der Waals surface area contributed by atoms with Gasteiger partial charge in [0.2, 0.25) is 5.91 Å². The number of likely N-dealkylation sites (tertiary alicyclic amines) is 1. The molecule has 0 unspecified atom stereocenters. The fourth-order valence-electron chi connectivity index (χ4n) is 3.45. The van der Waals surface area contributed by atoms with Gasteiger partial charge in [-0.2, -0.15) is 0 Å². The van der Waals surface area contributed by atoms with Gasteiger partial charge in [0, 0.05) is 35.8 Å². The van der Waals surface area contributed by atoms with Crippen molar-refractivity contribution in [3.8, 4) is 0 Å². The number of hydrogen-bond acceptors (Lipinski definition) is 3. The number of piperidine rings is 1. The summed E-state index contributed by atoms with van der Waals surface area (Å²) < 4.78 is 1.03. The van der Waals surface area contributed by atoms with E-state index in [2.05, 4.69) is 52.2 Å². The third-order valence-electron chi connectivity index (χ3n) is 4.18. The number of nitrogens with zero attached hydrogens (tertiary/aromatic N) is 1. The third-order valence-corrected chi connectivity index (χ3v) is 4.71. The lowest BCUT2D eigenvalue weighted by molar-refractivity contribution is -0.120. The highest BCUT2D eigenvalue weighted by atomic mass is 79.9. The first-order valence-corrected chi connectivity index (χ1v) is 9.23. The number of hydrogen-bond donors (Lipinski definition) is 2. The molecule has 0 aliphatic carbocycles. The van der Waals surface area contributed by atoms with Crippen LogP contribution >= 0.6 is 15.9 Å². The Labute approximate surface area is 148 Å². The number of anilines is 1. The van der Waals surface area contributed by atoms with Crippen LogP contribution in [0.4, 0.5) is 5.69 Å². The van der Waals surface area contributed by atoms with E-state index in [0.29, 0.717) is 6.54 Å². The number of halogens is 1. The molecule has 1 heterocycles. The van der Waals surface area contributed by atoms with E-state index in [-0.39, 0.29) is 11.9 Å². The zero-order chi connectivity index (χ0) is 16.8. The summed E-state index contributed by atoms with van der Waals surface area (Å²) in [5.41, 5.74) is 0.953. The lowest BCUT2D eigenvalue weighted by Crippen LogP contribution is -2.47. The second-order valence-corrected chi connectivity index (χ2v) is 7.91. The van der Waals surface area contributed by atoms with E-state index in [1.165, 1.54) is 6.42 Å². The molecule has 1 aliphatic rings. The normalized spacial score (nSPS) is 23.3. The van der Waals surface area contributed by atoms with Crippen molar-refractivity contribution in [1.82, 2.24) is 10.2 Å². The molecule has 1 aromatic rings. The number of nitrogens with one attached hydrogen (secondary N) is 2. The van der Waals surface area contributed by atoms with Gasteiger partial charge in [0.1, 0.15) is 0 Å². The lowest BCUT2D eigenvalue weighted by atomic mass is 9.92. The molecule has 1 aromatic carbocycles. The number of rotatable bonds is 6. The second-order valence-electron chi connectivity index (χ2n) is 6.99. The molecule has 0 aromatic heterocycles. The summed E-state index contributed by atoms with van der Waals surface area (Å²) in [4.78, 5) is 14.5. The number of carbonyl (C=O) groups excluding carboxylic acids is 1. The van der Waals surface area contributed by atoms with Crippen LogP contribution in [0.1, 0.15) is 27.2 Å². The van der Waals surface area contributed by atoms with Crippen LogP contribution in [0.2, 0.25) is 0 Å². The standard InChI is InChI=1S/C18H28BrN3O/c1-13-8-14(2)11-22(10-13)12-15(3)21-18(23)9-20-17-6-4-16(19)5-7-17/h4-7,13-15,20H,8-12H2,1-3H3,(H,21,23)/t13-,14+,15-/m1/s1. The molecule has 0 saturated carbocycles. The molecule has 2 N–H and O–H groups in total. The van der Waals surface area contributed by atoms with E-state index in [4.69, 9.17) is 0 Å². The number of carbonyl (C=O) groups is 1. The van der Waals surface area contributed by atoms with Gasteiger partial charge in [0.05, 0.1) is 6.54 Å². The van der Waals surface area contributed by atoms with Crippen molar-refractivity contribution < 1.29 is 4.79 Å². The maximum atomic E-state index is 12.1. The van der Waals surface area contributed by atoms with Crippen LogP contribution in [-0.4, -0.2) is 43.0 Å². The van der Waals surface area contributed by atoms with E-state index in [0.717, 1.165) is 41.6 Å². The Bertz CT molecular complexity index is 495. The van der Waals surface area contributed by atoms with Crippen molar-refractivity contribution in [1.29, 1.82) is 0 Å². The molecule has 0 spiro atoms. The molecule has 1 saturated heterocycles. The molecule has 0 bridgehead atoms. The monoisotopic (exact) mass is 381 g/mol. The van der Waals surface area contributed by atoms with E-state index < -0.39 is 0 Å². The fraction of sp³-hybridized carbons (Fsp3) is 0.611. The first-order valence-electron chi connectivity index (χ1n) is 8.43. The Balaban J connectivity index is 1.70. The topological polar surface area (TPSA) is 44.4 Å². The Morgan fingerprint density at radius 2 is 1.87 bits per heavy atom. The maximum absolute atomic E-state index is 12.1. The molecule has 4 nitrogen and oxygen atoms in total. The van der Waals surface area contributed by atoms with Crippen LogP contribution < -0.4 is 10.6 Å². The van der Waals surface area contributed by atoms with Crippen LogP contribution in [0.3, 0.4) is 0 Å². The summed E-state index contributed by atoms with van der Waals surface area (Å²) in [5.74, 6) is 1.54. The predicted molar refractivity (Wildman–Crippen MR) is 99.6 cm³/mol. The Kier molecular flexibility index (Phi) is 6.90. The molecule has 128 valence electrons.